The minimum Gasteiger partial charge on any atom is -0.496 e. The van der Waals surface area contributed by atoms with E-state index in [2.05, 4.69) is 9.80 Å². The Kier molecular flexibility index (Phi) is 9.36. The Morgan fingerprint density at radius 1 is 1.02 bits per heavy atom. The molecule has 2 aromatic carbocycles. The van der Waals surface area contributed by atoms with Gasteiger partial charge in [-0.1, -0.05) is 31.4 Å². The SMILES string of the molecule is COc1cc(F)cc(F)c1CCCC1CCN(CC2CN([C@H](CC3CC3)C(=O)O)CC2c2cccc(F)c2)CC1. The van der Waals surface area contributed by atoms with Gasteiger partial charge in [-0.3, -0.25) is 9.69 Å². The number of aliphatic carboxylic acids is 1. The van der Waals surface area contributed by atoms with Gasteiger partial charge in [0, 0.05) is 43.2 Å². The number of ether oxygens (including phenoxy) is 1. The van der Waals surface area contributed by atoms with Crippen LogP contribution in [0.1, 0.15) is 62.0 Å². The second-order valence-electron chi connectivity index (χ2n) is 12.1. The van der Waals surface area contributed by atoms with Crippen molar-refractivity contribution in [2.45, 2.75) is 63.3 Å². The minimum atomic E-state index is -0.746. The number of carbonyl (C=O) groups is 1. The Labute approximate surface area is 235 Å². The van der Waals surface area contributed by atoms with Crippen LogP contribution in [-0.2, 0) is 11.2 Å². The number of carboxylic acids is 1. The summed E-state index contributed by atoms with van der Waals surface area (Å²) in [4.78, 5) is 16.8. The summed E-state index contributed by atoms with van der Waals surface area (Å²) in [6.45, 7) is 4.18. The van der Waals surface area contributed by atoms with Crippen LogP contribution >= 0.6 is 0 Å². The molecule has 0 aromatic heterocycles. The average Bonchev–Trinajstić information content (AvgIpc) is 3.66. The van der Waals surface area contributed by atoms with Crippen LogP contribution in [0.3, 0.4) is 0 Å². The lowest BCUT2D eigenvalue weighted by Gasteiger charge is -2.35. The van der Waals surface area contributed by atoms with Crippen molar-refractivity contribution in [3.05, 3.63) is 65.0 Å². The summed E-state index contributed by atoms with van der Waals surface area (Å²) in [7, 11) is 1.44. The van der Waals surface area contributed by atoms with E-state index in [0.29, 0.717) is 36.8 Å². The Bertz CT molecular complexity index is 1170. The molecule has 3 fully saturated rings. The molecule has 3 aliphatic rings. The largest absolute Gasteiger partial charge is 0.496 e. The number of methoxy groups -OCH3 is 1. The Hall–Kier alpha value is -2.58. The van der Waals surface area contributed by atoms with E-state index in [1.54, 1.807) is 12.1 Å². The van der Waals surface area contributed by atoms with E-state index < -0.39 is 23.6 Å². The molecule has 3 atom stereocenters. The summed E-state index contributed by atoms with van der Waals surface area (Å²) in [6, 6.07) is 8.50. The van der Waals surface area contributed by atoms with E-state index in [9.17, 15) is 23.1 Å². The fourth-order valence-corrected chi connectivity index (χ4v) is 6.90. The number of rotatable bonds is 12. The standard InChI is InChI=1S/C32H41F3N2O3/c1-40-31-17-26(34)16-29(35)27(31)7-2-4-21-10-12-36(13-11-21)18-24-19-37(30(32(38)39)14-22-8-9-22)20-28(24)23-5-3-6-25(33)15-23/h3,5-6,15-17,21-22,24,28,30H,2,4,7-14,18-20H2,1H3,(H,38,39)/t24?,28?,30-/m1/s1. The first-order chi connectivity index (χ1) is 19.3. The van der Waals surface area contributed by atoms with E-state index in [0.717, 1.165) is 76.3 Å². The van der Waals surface area contributed by atoms with E-state index >= 15 is 0 Å². The van der Waals surface area contributed by atoms with Crippen LogP contribution < -0.4 is 4.74 Å². The minimum absolute atomic E-state index is 0.107. The highest BCUT2D eigenvalue weighted by Gasteiger charge is 2.42. The van der Waals surface area contributed by atoms with Crippen molar-refractivity contribution >= 4 is 5.97 Å². The van der Waals surface area contributed by atoms with Crippen LogP contribution in [0.5, 0.6) is 5.75 Å². The zero-order valence-electron chi connectivity index (χ0n) is 23.3. The van der Waals surface area contributed by atoms with Crippen LogP contribution in [0.4, 0.5) is 13.2 Å². The van der Waals surface area contributed by atoms with Gasteiger partial charge in [0.2, 0.25) is 0 Å². The van der Waals surface area contributed by atoms with Crippen molar-refractivity contribution in [2.75, 3.05) is 39.8 Å². The van der Waals surface area contributed by atoms with Crippen LogP contribution in [0.25, 0.3) is 0 Å². The highest BCUT2D eigenvalue weighted by atomic mass is 19.1. The summed E-state index contributed by atoms with van der Waals surface area (Å²) in [6.07, 6.45) is 7.39. The zero-order valence-corrected chi connectivity index (χ0v) is 23.3. The molecule has 5 rings (SSSR count). The number of hydrogen-bond donors (Lipinski definition) is 1. The summed E-state index contributed by atoms with van der Waals surface area (Å²) >= 11 is 0. The Morgan fingerprint density at radius 3 is 2.48 bits per heavy atom. The molecule has 2 saturated heterocycles. The first-order valence-electron chi connectivity index (χ1n) is 14.8. The molecule has 0 spiro atoms. The molecule has 2 heterocycles. The van der Waals surface area contributed by atoms with Gasteiger partial charge in [-0.2, -0.15) is 0 Å². The maximum absolute atomic E-state index is 14.3. The molecule has 0 radical (unpaired) electrons. The maximum atomic E-state index is 14.3. The third-order valence-corrected chi connectivity index (χ3v) is 9.30. The first-order valence-corrected chi connectivity index (χ1v) is 14.8. The number of benzene rings is 2. The quantitative estimate of drug-likeness (QED) is 0.340. The molecular formula is C32H41F3N2O3. The number of likely N-dealkylation sites (tertiary alicyclic amines) is 2. The van der Waals surface area contributed by atoms with Gasteiger partial charge in [0.1, 0.15) is 29.2 Å². The second-order valence-corrected chi connectivity index (χ2v) is 12.1. The molecule has 2 aromatic rings. The van der Waals surface area contributed by atoms with E-state index in [-0.39, 0.29) is 23.4 Å². The lowest BCUT2D eigenvalue weighted by Crippen LogP contribution is -2.41. The van der Waals surface area contributed by atoms with Gasteiger partial charge in [-0.15, -0.1) is 0 Å². The topological polar surface area (TPSA) is 53.0 Å². The number of carboxylic acid groups (broad SMARTS) is 1. The number of halogens is 3. The summed E-state index contributed by atoms with van der Waals surface area (Å²) < 4.78 is 47.1. The van der Waals surface area contributed by atoms with Crippen LogP contribution in [0, 0.1) is 35.2 Å². The molecule has 40 heavy (non-hydrogen) atoms. The number of piperidine rings is 1. The molecule has 1 aliphatic carbocycles. The van der Waals surface area contributed by atoms with Gasteiger partial charge in [0.25, 0.3) is 0 Å². The van der Waals surface area contributed by atoms with E-state index in [1.807, 2.05) is 6.07 Å². The van der Waals surface area contributed by atoms with E-state index in [1.165, 1.54) is 19.2 Å². The summed E-state index contributed by atoms with van der Waals surface area (Å²) in [5, 5.41) is 9.99. The highest BCUT2D eigenvalue weighted by Crippen LogP contribution is 2.40. The van der Waals surface area contributed by atoms with Crippen molar-refractivity contribution in [1.29, 1.82) is 0 Å². The Balaban J connectivity index is 1.16. The predicted molar refractivity (Wildman–Crippen MR) is 148 cm³/mol. The normalized spacial score (nSPS) is 23.4. The van der Waals surface area contributed by atoms with E-state index in [4.69, 9.17) is 4.74 Å². The van der Waals surface area contributed by atoms with Crippen molar-refractivity contribution in [3.8, 4) is 5.75 Å². The zero-order chi connectivity index (χ0) is 28.2. The van der Waals surface area contributed by atoms with Crippen LogP contribution in [0.15, 0.2) is 36.4 Å². The lowest BCUT2D eigenvalue weighted by molar-refractivity contribution is -0.143. The third-order valence-electron chi connectivity index (χ3n) is 9.30. The van der Waals surface area contributed by atoms with Crippen molar-refractivity contribution in [2.24, 2.45) is 17.8 Å². The molecule has 2 aliphatic heterocycles. The van der Waals surface area contributed by atoms with Gasteiger partial charge in [0.15, 0.2) is 0 Å². The molecule has 0 amide bonds. The van der Waals surface area contributed by atoms with Crippen LogP contribution in [0.2, 0.25) is 0 Å². The van der Waals surface area contributed by atoms with Crippen LogP contribution in [-0.4, -0.2) is 66.8 Å². The van der Waals surface area contributed by atoms with Gasteiger partial charge in [0.05, 0.1) is 7.11 Å². The van der Waals surface area contributed by atoms with Crippen molar-refractivity contribution in [1.82, 2.24) is 9.80 Å². The second kappa shape index (κ2) is 12.9. The molecule has 1 saturated carbocycles. The maximum Gasteiger partial charge on any atom is 0.320 e. The van der Waals surface area contributed by atoms with Crippen molar-refractivity contribution < 1.29 is 27.8 Å². The smallest absolute Gasteiger partial charge is 0.320 e. The first kappa shape index (κ1) is 28.9. The molecule has 1 N–H and O–H groups in total. The fraction of sp³-hybridized carbons (Fsp3) is 0.594. The molecule has 218 valence electrons. The molecule has 8 heteroatoms. The average molecular weight is 559 g/mol. The van der Waals surface area contributed by atoms with Gasteiger partial charge in [-0.25, -0.2) is 13.2 Å². The lowest BCUT2D eigenvalue weighted by atomic mass is 9.86. The molecule has 2 unspecified atom stereocenters. The number of nitrogens with zero attached hydrogens (tertiary/aromatic N) is 2. The summed E-state index contributed by atoms with van der Waals surface area (Å²) in [5.41, 5.74) is 1.40. The number of hydrogen-bond acceptors (Lipinski definition) is 4. The van der Waals surface area contributed by atoms with Gasteiger partial charge >= 0.3 is 5.97 Å². The fourth-order valence-electron chi connectivity index (χ4n) is 6.90. The van der Waals surface area contributed by atoms with Gasteiger partial charge < -0.3 is 14.7 Å². The molecule has 5 nitrogen and oxygen atoms in total. The molecular weight excluding hydrogens is 517 g/mol. The monoisotopic (exact) mass is 558 g/mol. The highest BCUT2D eigenvalue weighted by molar-refractivity contribution is 5.73. The third kappa shape index (κ3) is 7.19. The molecule has 0 bridgehead atoms. The predicted octanol–water partition coefficient (Wildman–Crippen LogP) is 6.12. The van der Waals surface area contributed by atoms with Crippen molar-refractivity contribution in [3.63, 3.8) is 0 Å². The Morgan fingerprint density at radius 2 is 1.80 bits per heavy atom. The van der Waals surface area contributed by atoms with Gasteiger partial charge in [-0.05, 0) is 80.6 Å². The summed E-state index contributed by atoms with van der Waals surface area (Å²) in [5.74, 6) is -0.473.